The van der Waals surface area contributed by atoms with Gasteiger partial charge in [-0.15, -0.1) is 0 Å². The van der Waals surface area contributed by atoms with E-state index in [1.54, 1.807) is 39.0 Å². The van der Waals surface area contributed by atoms with Gasteiger partial charge in [-0.1, -0.05) is 44.5 Å². The summed E-state index contributed by atoms with van der Waals surface area (Å²) in [4.78, 5) is 42.4. The second-order valence-electron chi connectivity index (χ2n) is 7.98. The molecule has 1 aliphatic heterocycles. The summed E-state index contributed by atoms with van der Waals surface area (Å²) in [5, 5.41) is 8.19. The van der Waals surface area contributed by atoms with Gasteiger partial charge in [0.1, 0.15) is 19.3 Å². The monoisotopic (exact) mass is 597 g/mol. The average Bonchev–Trinajstić information content (AvgIpc) is 3.78. The van der Waals surface area contributed by atoms with E-state index in [-0.39, 0.29) is 30.2 Å². The summed E-state index contributed by atoms with van der Waals surface area (Å²) < 4.78 is 42.9. The maximum Gasteiger partial charge on any atom is 0.333 e. The standard InChI is InChI=1S/C11H13NO3S.C7H10O3.C6H10O3.C4H6O2/c1-4-11(13)12(3)16(14,15)10-8-6-5-7-9(10)2;1-5(2)7(8)10-4-6-3-9-6;1-5(2)6(8)9-4-3-7;1-3-4(5)6-2/h4-8H,1H2,2-3H3;6H,1,3-4H2,2H3;7H,1,3-4H2,2H3;3H,1H2,2H3. The van der Waals surface area contributed by atoms with E-state index in [2.05, 4.69) is 35.8 Å². The second kappa shape index (κ2) is 20.8. The maximum atomic E-state index is 12.0. The number of likely N-dealkylation sites (N-methyl/N-ethyl adjacent to an activating group) is 1. The van der Waals surface area contributed by atoms with Crippen molar-refractivity contribution in [3.8, 4) is 0 Å². The molecule has 12 nitrogen and oxygen atoms in total. The van der Waals surface area contributed by atoms with Gasteiger partial charge in [-0.3, -0.25) is 4.79 Å². The number of sulfonamides is 1. The zero-order valence-electron chi connectivity index (χ0n) is 24.1. The summed E-state index contributed by atoms with van der Waals surface area (Å²) in [6.07, 6.45) is 2.22. The van der Waals surface area contributed by atoms with E-state index in [0.29, 0.717) is 34.2 Å². The zero-order chi connectivity index (χ0) is 32.2. The van der Waals surface area contributed by atoms with Crippen molar-refractivity contribution < 1.29 is 51.6 Å². The smallest absolute Gasteiger partial charge is 0.333 e. The summed E-state index contributed by atoms with van der Waals surface area (Å²) in [6.45, 7) is 19.0. The number of aryl methyl sites for hydroxylation is 1. The lowest BCUT2D eigenvalue weighted by atomic mass is 10.2. The molecule has 0 aromatic heterocycles. The topological polar surface area (TPSA) is 166 Å². The van der Waals surface area contributed by atoms with E-state index in [0.717, 1.165) is 12.2 Å². The van der Waals surface area contributed by atoms with Crippen molar-refractivity contribution in [1.29, 1.82) is 0 Å². The number of amides is 1. The minimum absolute atomic E-state index is 0.0473. The third-order valence-corrected chi connectivity index (χ3v) is 6.32. The number of hydrogen-bond donors (Lipinski definition) is 1. The fraction of sp³-hybridized carbons (Fsp3) is 0.357. The predicted octanol–water partition coefficient (Wildman–Crippen LogP) is 2.28. The largest absolute Gasteiger partial charge is 0.466 e. The first-order chi connectivity index (χ1) is 19.1. The maximum absolute atomic E-state index is 12.0. The molecule has 1 heterocycles. The molecule has 0 spiro atoms. The molecule has 1 aliphatic rings. The molecule has 228 valence electrons. The lowest BCUT2D eigenvalue weighted by Crippen LogP contribution is -2.32. The number of ether oxygens (including phenoxy) is 4. The van der Waals surface area contributed by atoms with Crippen LogP contribution in [0.4, 0.5) is 0 Å². The van der Waals surface area contributed by atoms with E-state index in [1.807, 2.05) is 0 Å². The minimum Gasteiger partial charge on any atom is -0.466 e. The first-order valence-corrected chi connectivity index (χ1v) is 13.3. The molecule has 1 fully saturated rings. The summed E-state index contributed by atoms with van der Waals surface area (Å²) in [6, 6.07) is 6.51. The van der Waals surface area contributed by atoms with Gasteiger partial charge in [0.15, 0.2) is 0 Å². The summed E-state index contributed by atoms with van der Waals surface area (Å²) in [5.41, 5.74) is 1.38. The van der Waals surface area contributed by atoms with Gasteiger partial charge in [-0.25, -0.2) is 27.1 Å². The van der Waals surface area contributed by atoms with Crippen molar-refractivity contribution in [2.24, 2.45) is 0 Å². The number of carbonyl (C=O) groups is 4. The van der Waals surface area contributed by atoms with Gasteiger partial charge >= 0.3 is 17.9 Å². The van der Waals surface area contributed by atoms with Crippen molar-refractivity contribution in [2.45, 2.75) is 31.8 Å². The van der Waals surface area contributed by atoms with Crippen LogP contribution in [0.15, 0.2) is 78.8 Å². The Morgan fingerprint density at radius 3 is 1.93 bits per heavy atom. The van der Waals surface area contributed by atoms with Crippen LogP contribution in [0.2, 0.25) is 0 Å². The molecule has 1 N–H and O–H groups in total. The fourth-order valence-corrected chi connectivity index (χ4v) is 3.37. The third kappa shape index (κ3) is 17.3. The van der Waals surface area contributed by atoms with Crippen molar-refractivity contribution in [1.82, 2.24) is 4.31 Å². The summed E-state index contributed by atoms with van der Waals surface area (Å²) >= 11 is 0. The van der Waals surface area contributed by atoms with Crippen LogP contribution in [0.5, 0.6) is 0 Å². The van der Waals surface area contributed by atoms with Crippen LogP contribution in [0, 0.1) is 6.92 Å². The van der Waals surface area contributed by atoms with Crippen molar-refractivity contribution in [3.63, 3.8) is 0 Å². The number of carbonyl (C=O) groups excluding carboxylic acids is 4. The number of hydrogen-bond acceptors (Lipinski definition) is 11. The van der Waals surface area contributed by atoms with Gasteiger partial charge in [0.05, 0.1) is 25.2 Å². The third-order valence-electron chi connectivity index (χ3n) is 4.41. The molecule has 0 saturated carbocycles. The highest BCUT2D eigenvalue weighted by molar-refractivity contribution is 7.89. The van der Waals surface area contributed by atoms with Crippen LogP contribution in [0.1, 0.15) is 19.4 Å². The first kappa shape index (κ1) is 39.1. The Bertz CT molecular complexity index is 1190. The van der Waals surface area contributed by atoms with Crippen LogP contribution in [-0.2, 0) is 48.1 Å². The van der Waals surface area contributed by atoms with Gasteiger partial charge in [0.2, 0.25) is 0 Å². The minimum atomic E-state index is -3.77. The molecule has 2 rings (SSSR count). The number of esters is 3. The molecule has 1 aromatic carbocycles. The number of rotatable bonds is 10. The fourth-order valence-electron chi connectivity index (χ4n) is 2.04. The zero-order valence-corrected chi connectivity index (χ0v) is 24.9. The predicted molar refractivity (Wildman–Crippen MR) is 152 cm³/mol. The Morgan fingerprint density at radius 2 is 1.56 bits per heavy atom. The summed E-state index contributed by atoms with van der Waals surface area (Å²) in [7, 11) is -1.24. The first-order valence-electron chi connectivity index (χ1n) is 11.9. The highest BCUT2D eigenvalue weighted by Gasteiger charge is 2.25. The molecular formula is C28H39NO11S. The Balaban J connectivity index is 0. The average molecular weight is 598 g/mol. The lowest BCUT2D eigenvalue weighted by molar-refractivity contribution is -0.140. The number of aliphatic hydroxyl groups excluding tert-OH is 1. The SMILES string of the molecule is C=C(C)C(=O)OCC1CO1.C=C(C)C(=O)OCCO.C=CC(=O)N(C)S(=O)(=O)c1ccccc1C.C=CC(=O)OC. The molecule has 1 aromatic rings. The van der Waals surface area contributed by atoms with Gasteiger partial charge in [0, 0.05) is 24.3 Å². The molecule has 0 radical (unpaired) electrons. The molecule has 0 aliphatic carbocycles. The number of methoxy groups -OCH3 is 1. The highest BCUT2D eigenvalue weighted by atomic mass is 32.2. The van der Waals surface area contributed by atoms with Crippen LogP contribution < -0.4 is 0 Å². The molecule has 1 saturated heterocycles. The molecular weight excluding hydrogens is 558 g/mol. The van der Waals surface area contributed by atoms with Crippen molar-refractivity contribution >= 4 is 33.8 Å². The molecule has 13 heteroatoms. The van der Waals surface area contributed by atoms with Crippen LogP contribution in [0.3, 0.4) is 0 Å². The Labute approximate surface area is 241 Å². The van der Waals surface area contributed by atoms with Crippen LogP contribution in [0.25, 0.3) is 0 Å². The van der Waals surface area contributed by atoms with E-state index in [4.69, 9.17) is 14.6 Å². The normalized spacial score (nSPS) is 12.5. The number of epoxide rings is 1. The second-order valence-corrected chi connectivity index (χ2v) is 9.92. The number of benzene rings is 1. The molecule has 1 unspecified atom stereocenters. The van der Waals surface area contributed by atoms with E-state index in [1.165, 1.54) is 20.2 Å². The van der Waals surface area contributed by atoms with Gasteiger partial charge in [-0.05, 0) is 38.5 Å². The van der Waals surface area contributed by atoms with Crippen molar-refractivity contribution in [3.05, 3.63) is 79.4 Å². The summed E-state index contributed by atoms with van der Waals surface area (Å²) in [5.74, 6) is -1.84. The number of nitrogens with zero attached hydrogens (tertiary/aromatic N) is 1. The van der Waals surface area contributed by atoms with Crippen LogP contribution in [-0.4, -0.2) is 88.3 Å². The quantitative estimate of drug-likeness (QED) is 0.182. The van der Waals surface area contributed by atoms with Crippen LogP contribution >= 0.6 is 0 Å². The molecule has 0 bridgehead atoms. The van der Waals surface area contributed by atoms with Gasteiger partial charge in [-0.2, -0.15) is 0 Å². The number of aliphatic hydroxyl groups is 1. The highest BCUT2D eigenvalue weighted by Crippen LogP contribution is 2.18. The lowest BCUT2D eigenvalue weighted by Gasteiger charge is -2.16. The van der Waals surface area contributed by atoms with E-state index in [9.17, 15) is 27.6 Å². The Morgan fingerprint density at radius 1 is 1.05 bits per heavy atom. The van der Waals surface area contributed by atoms with Crippen molar-refractivity contribution in [2.75, 3.05) is 40.6 Å². The van der Waals surface area contributed by atoms with E-state index < -0.39 is 27.9 Å². The molecule has 1 atom stereocenters. The molecule has 1 amide bonds. The Kier molecular flexibility index (Phi) is 19.8. The Hall–Kier alpha value is -4.07. The molecule has 41 heavy (non-hydrogen) atoms. The van der Waals surface area contributed by atoms with Gasteiger partial charge < -0.3 is 24.1 Å². The van der Waals surface area contributed by atoms with Gasteiger partial charge in [0.25, 0.3) is 15.9 Å². The van der Waals surface area contributed by atoms with E-state index >= 15 is 0 Å².